The van der Waals surface area contributed by atoms with Crippen LogP contribution in [0.25, 0.3) is 11.0 Å². The number of ether oxygens (including phenoxy) is 1. The summed E-state index contributed by atoms with van der Waals surface area (Å²) < 4.78 is 12.9. The number of furan rings is 1. The van der Waals surface area contributed by atoms with Crippen LogP contribution in [0.15, 0.2) is 40.8 Å². The zero-order chi connectivity index (χ0) is 19.4. The van der Waals surface area contributed by atoms with Crippen LogP contribution in [0.2, 0.25) is 0 Å². The van der Waals surface area contributed by atoms with E-state index in [1.807, 2.05) is 43.3 Å². The number of halogens is 1. The number of fused-ring (bicyclic) bond motifs is 1. The minimum Gasteiger partial charge on any atom is -0.492 e. The third-order valence-electron chi connectivity index (χ3n) is 4.59. The van der Waals surface area contributed by atoms with Gasteiger partial charge < -0.3 is 9.15 Å². The summed E-state index contributed by atoms with van der Waals surface area (Å²) >= 11 is 2.25. The summed E-state index contributed by atoms with van der Waals surface area (Å²) in [4.78, 5) is 13.4. The highest BCUT2D eigenvalue weighted by molar-refractivity contribution is 14.1. The van der Waals surface area contributed by atoms with Crippen LogP contribution in [0.1, 0.15) is 60.4 Å². The number of aryl methyl sites for hydroxylation is 2. The first-order valence-electron chi connectivity index (χ1n) is 9.54. The Balaban J connectivity index is 2.05. The maximum absolute atomic E-state index is 13.4. The molecule has 0 saturated carbocycles. The van der Waals surface area contributed by atoms with E-state index in [1.165, 1.54) is 0 Å². The maximum atomic E-state index is 13.4. The van der Waals surface area contributed by atoms with Gasteiger partial charge in [-0.1, -0.05) is 38.5 Å². The lowest BCUT2D eigenvalue weighted by Crippen LogP contribution is -2.07. The molecule has 2 aromatic carbocycles. The molecule has 0 bridgehead atoms. The quantitative estimate of drug-likeness (QED) is 0.268. The topological polar surface area (TPSA) is 39.4 Å². The van der Waals surface area contributed by atoms with Crippen LogP contribution in [0.5, 0.6) is 5.75 Å². The van der Waals surface area contributed by atoms with Crippen LogP contribution in [0, 0.1) is 10.5 Å². The Kier molecular flexibility index (Phi) is 6.58. The van der Waals surface area contributed by atoms with E-state index in [9.17, 15) is 4.79 Å². The van der Waals surface area contributed by atoms with Crippen molar-refractivity contribution in [1.29, 1.82) is 0 Å². The minimum atomic E-state index is 0.0223. The molecule has 3 nitrogen and oxygen atoms in total. The van der Waals surface area contributed by atoms with Gasteiger partial charge in [-0.05, 0) is 66.1 Å². The molecule has 3 aromatic rings. The summed E-state index contributed by atoms with van der Waals surface area (Å²) in [5.74, 6) is 1.69. The van der Waals surface area contributed by atoms with E-state index in [-0.39, 0.29) is 5.78 Å². The molecule has 3 rings (SSSR count). The Labute approximate surface area is 174 Å². The lowest BCUT2D eigenvalue weighted by atomic mass is 9.97. The average molecular weight is 476 g/mol. The molecular formula is C23H25IO3. The number of hydrogen-bond acceptors (Lipinski definition) is 3. The molecule has 1 aromatic heterocycles. The second kappa shape index (κ2) is 8.91. The van der Waals surface area contributed by atoms with Gasteiger partial charge in [-0.25, -0.2) is 0 Å². The molecule has 0 N–H and O–H groups in total. The van der Waals surface area contributed by atoms with Crippen LogP contribution in [0.4, 0.5) is 0 Å². The third-order valence-corrected chi connectivity index (χ3v) is 5.40. The largest absolute Gasteiger partial charge is 0.492 e. The van der Waals surface area contributed by atoms with Crippen LogP contribution >= 0.6 is 22.6 Å². The molecule has 0 radical (unpaired) electrons. The van der Waals surface area contributed by atoms with Crippen molar-refractivity contribution in [2.75, 3.05) is 6.61 Å². The van der Waals surface area contributed by atoms with Crippen molar-refractivity contribution in [1.82, 2.24) is 0 Å². The molecule has 27 heavy (non-hydrogen) atoms. The van der Waals surface area contributed by atoms with Crippen molar-refractivity contribution in [3.8, 4) is 5.75 Å². The Bertz CT molecular complexity index is 932. The summed E-state index contributed by atoms with van der Waals surface area (Å²) in [7, 11) is 0. The Hall–Kier alpha value is -1.82. The molecule has 0 fully saturated rings. The Morgan fingerprint density at radius 2 is 1.93 bits per heavy atom. The van der Waals surface area contributed by atoms with Gasteiger partial charge in [0.1, 0.15) is 17.1 Å². The highest BCUT2D eigenvalue weighted by Crippen LogP contribution is 2.32. The molecule has 0 spiro atoms. The fraction of sp³-hybridized carbons (Fsp3) is 0.348. The van der Waals surface area contributed by atoms with Crippen molar-refractivity contribution in [2.45, 2.75) is 46.5 Å². The first-order valence-corrected chi connectivity index (χ1v) is 10.6. The number of ketones is 1. The van der Waals surface area contributed by atoms with Gasteiger partial charge in [-0.3, -0.25) is 4.79 Å². The molecule has 0 aliphatic heterocycles. The highest BCUT2D eigenvalue weighted by atomic mass is 127. The molecular weight excluding hydrogens is 451 g/mol. The highest BCUT2D eigenvalue weighted by Gasteiger charge is 2.23. The summed E-state index contributed by atoms with van der Waals surface area (Å²) in [5, 5.41) is 0.896. The first kappa shape index (κ1) is 19.9. The summed E-state index contributed by atoms with van der Waals surface area (Å²) in [6.07, 6.45) is 3.80. The standard InChI is InChI=1S/C23H25IO3/c1-4-6-10-20-21(17-9-7-8-11-19(17)27-20)22(25)16-13-15(3)23(18(24)14-16)26-12-5-2/h7-9,11,13-14H,4-6,10,12H2,1-3H3. The molecule has 142 valence electrons. The second-order valence-corrected chi connectivity index (χ2v) is 7.94. The number of unbranched alkanes of at least 4 members (excludes halogenated alkanes) is 1. The van der Waals surface area contributed by atoms with Crippen LogP contribution in [0.3, 0.4) is 0 Å². The molecule has 0 aliphatic carbocycles. The zero-order valence-electron chi connectivity index (χ0n) is 16.1. The SMILES string of the molecule is CCCCc1oc2ccccc2c1C(=O)c1cc(C)c(OCCC)c(I)c1. The Morgan fingerprint density at radius 3 is 2.63 bits per heavy atom. The van der Waals surface area contributed by atoms with Gasteiger partial charge in [-0.15, -0.1) is 0 Å². The van der Waals surface area contributed by atoms with E-state index in [4.69, 9.17) is 9.15 Å². The lowest BCUT2D eigenvalue weighted by Gasteiger charge is -2.12. The number of para-hydroxylation sites is 1. The van der Waals surface area contributed by atoms with E-state index in [0.29, 0.717) is 17.7 Å². The summed E-state index contributed by atoms with van der Waals surface area (Å²) in [6, 6.07) is 11.6. The fourth-order valence-corrected chi connectivity index (χ4v) is 4.17. The van der Waals surface area contributed by atoms with Gasteiger partial charge in [0.05, 0.1) is 15.7 Å². The van der Waals surface area contributed by atoms with E-state index >= 15 is 0 Å². The van der Waals surface area contributed by atoms with Gasteiger partial charge in [0.25, 0.3) is 0 Å². The molecule has 0 amide bonds. The fourth-order valence-electron chi connectivity index (χ4n) is 3.25. The van der Waals surface area contributed by atoms with Gasteiger partial charge in [0, 0.05) is 17.4 Å². The first-order chi connectivity index (χ1) is 13.1. The molecule has 0 aliphatic rings. The summed E-state index contributed by atoms with van der Waals surface area (Å²) in [6.45, 7) is 6.90. The monoisotopic (exact) mass is 476 g/mol. The van der Waals surface area contributed by atoms with Crippen molar-refractivity contribution in [3.05, 3.63) is 62.4 Å². The van der Waals surface area contributed by atoms with Crippen LogP contribution in [-0.4, -0.2) is 12.4 Å². The molecule has 0 atom stereocenters. The molecule has 0 unspecified atom stereocenters. The van der Waals surface area contributed by atoms with Crippen molar-refractivity contribution < 1.29 is 13.9 Å². The number of carbonyl (C=O) groups excluding carboxylic acids is 1. The van der Waals surface area contributed by atoms with Gasteiger partial charge >= 0.3 is 0 Å². The van der Waals surface area contributed by atoms with Gasteiger partial charge in [-0.2, -0.15) is 0 Å². The number of benzene rings is 2. The maximum Gasteiger partial charge on any atom is 0.197 e. The van der Waals surface area contributed by atoms with Crippen molar-refractivity contribution >= 4 is 39.3 Å². The lowest BCUT2D eigenvalue weighted by molar-refractivity contribution is 0.103. The molecule has 4 heteroatoms. The number of hydrogen-bond donors (Lipinski definition) is 0. The predicted molar refractivity (Wildman–Crippen MR) is 118 cm³/mol. The van der Waals surface area contributed by atoms with Crippen molar-refractivity contribution in [2.24, 2.45) is 0 Å². The van der Waals surface area contributed by atoms with Crippen LogP contribution in [-0.2, 0) is 6.42 Å². The van der Waals surface area contributed by atoms with E-state index in [2.05, 4.69) is 36.4 Å². The predicted octanol–water partition coefficient (Wildman–Crippen LogP) is 6.71. The van der Waals surface area contributed by atoms with E-state index < -0.39 is 0 Å². The summed E-state index contributed by atoms with van der Waals surface area (Å²) in [5.41, 5.74) is 3.16. The molecule has 1 heterocycles. The van der Waals surface area contributed by atoms with E-state index in [0.717, 1.165) is 57.3 Å². The van der Waals surface area contributed by atoms with E-state index in [1.54, 1.807) is 0 Å². The number of rotatable bonds is 8. The normalized spacial score (nSPS) is 11.1. The Morgan fingerprint density at radius 1 is 1.15 bits per heavy atom. The zero-order valence-corrected chi connectivity index (χ0v) is 18.3. The third kappa shape index (κ3) is 4.21. The smallest absolute Gasteiger partial charge is 0.197 e. The second-order valence-electron chi connectivity index (χ2n) is 6.78. The van der Waals surface area contributed by atoms with Crippen LogP contribution < -0.4 is 4.74 Å². The van der Waals surface area contributed by atoms with Crippen molar-refractivity contribution in [3.63, 3.8) is 0 Å². The van der Waals surface area contributed by atoms with Gasteiger partial charge in [0.15, 0.2) is 5.78 Å². The minimum absolute atomic E-state index is 0.0223. The average Bonchev–Trinajstić information content (AvgIpc) is 3.03. The number of carbonyl (C=O) groups is 1. The van der Waals surface area contributed by atoms with Gasteiger partial charge in [0.2, 0.25) is 0 Å². The molecule has 0 saturated heterocycles.